The van der Waals surface area contributed by atoms with Crippen LogP contribution in [0.4, 0.5) is 4.39 Å². The molecule has 8 aromatic rings. The molecule has 0 unspecified atom stereocenters. The highest BCUT2D eigenvalue weighted by atomic mass is 32.2. The molecule has 7 aromatic carbocycles. The maximum absolute atomic E-state index is 15.7. The smallest absolute Gasteiger partial charge is 0.305 e. The van der Waals surface area contributed by atoms with Crippen LogP contribution in [0.3, 0.4) is 0 Å². The number of aromatic amines is 1. The second kappa shape index (κ2) is 51.1. The molecule has 136 heavy (non-hydrogen) atoms. The van der Waals surface area contributed by atoms with Crippen molar-refractivity contribution in [3.8, 4) is 11.5 Å². The van der Waals surface area contributed by atoms with Gasteiger partial charge in [0.25, 0.3) is 0 Å². The van der Waals surface area contributed by atoms with Gasteiger partial charge in [0, 0.05) is 110 Å². The number of hydrogen-bond donors (Lipinski definition) is 15. The molecule has 9 rings (SSSR count). The molecule has 1 aliphatic rings. The molecule has 38 heteroatoms. The van der Waals surface area contributed by atoms with E-state index in [1.807, 2.05) is 6.92 Å². The number of amides is 15. The molecular formula is C98H120FN17O19S. The molecule has 11 atom stereocenters. The number of fused-ring (bicyclic) bond motifs is 1. The van der Waals surface area contributed by atoms with Gasteiger partial charge in [-0.25, -0.2) is 4.39 Å². The molecule has 1 aromatic heterocycles. The third-order valence-corrected chi connectivity index (χ3v) is 24.3. The maximum atomic E-state index is 15.7. The summed E-state index contributed by atoms with van der Waals surface area (Å²) in [7, 11) is 6.39. The number of primary amides is 1. The van der Waals surface area contributed by atoms with Gasteiger partial charge in [-0.1, -0.05) is 173 Å². The van der Waals surface area contributed by atoms with Crippen LogP contribution >= 0.6 is 11.8 Å². The van der Waals surface area contributed by atoms with Crippen LogP contribution in [0.5, 0.6) is 11.5 Å². The van der Waals surface area contributed by atoms with Crippen molar-refractivity contribution in [3.63, 3.8) is 0 Å². The fourth-order valence-corrected chi connectivity index (χ4v) is 16.6. The summed E-state index contributed by atoms with van der Waals surface area (Å²) in [5.41, 5.74) is 15.8. The largest absolute Gasteiger partial charge is 0.508 e. The zero-order valence-corrected chi connectivity index (χ0v) is 77.9. The number of carboxylic acid groups (broad SMARTS) is 1. The Morgan fingerprint density at radius 1 is 0.456 bits per heavy atom. The van der Waals surface area contributed by atoms with Gasteiger partial charge in [0.2, 0.25) is 88.6 Å². The average molecular weight is 1890 g/mol. The van der Waals surface area contributed by atoms with Crippen molar-refractivity contribution in [2.24, 2.45) is 17.4 Å². The van der Waals surface area contributed by atoms with Crippen LogP contribution in [0.1, 0.15) is 97.4 Å². The molecule has 17 N–H and O–H groups in total. The van der Waals surface area contributed by atoms with Gasteiger partial charge >= 0.3 is 5.97 Å². The number of para-hydroxylation sites is 1. The van der Waals surface area contributed by atoms with Gasteiger partial charge in [0.1, 0.15) is 83.8 Å². The van der Waals surface area contributed by atoms with E-state index in [4.69, 9.17) is 11.5 Å². The zero-order chi connectivity index (χ0) is 99.0. The third kappa shape index (κ3) is 31.6. The number of unbranched alkanes of at least 4 members (excludes halogenated alkanes) is 1. The van der Waals surface area contributed by atoms with Gasteiger partial charge in [-0.15, -0.1) is 11.8 Å². The first-order chi connectivity index (χ1) is 64.8. The van der Waals surface area contributed by atoms with Gasteiger partial charge in [-0.05, 0) is 106 Å². The lowest BCUT2D eigenvalue weighted by Crippen LogP contribution is -2.60. The number of likely N-dealkylation sites (N-methyl/N-ethyl adjacent to an activating group) is 5. The fourth-order valence-electron chi connectivity index (χ4n) is 15.7. The average Bonchev–Trinajstić information content (AvgIpc) is 1.29. The van der Waals surface area contributed by atoms with Crippen LogP contribution in [0.2, 0.25) is 0 Å². The van der Waals surface area contributed by atoms with Gasteiger partial charge in [0.15, 0.2) is 0 Å². The van der Waals surface area contributed by atoms with E-state index in [1.54, 1.807) is 129 Å². The Kier molecular flexibility index (Phi) is 39.5. The molecular weight excluding hydrogens is 1770 g/mol. The molecule has 1 aliphatic heterocycles. The number of nitrogens with zero attached hydrogens (tertiary/aromatic N) is 5. The van der Waals surface area contributed by atoms with E-state index < -0.39 is 204 Å². The minimum atomic E-state index is -1.98. The van der Waals surface area contributed by atoms with E-state index in [9.17, 15) is 48.5 Å². The molecule has 36 nitrogen and oxygen atoms in total. The highest BCUT2D eigenvalue weighted by molar-refractivity contribution is 8.00. The number of H-pyrrole nitrogens is 1. The number of hydrogen-bond acceptors (Lipinski definition) is 20. The van der Waals surface area contributed by atoms with Gasteiger partial charge in [-0.3, -0.25) is 76.7 Å². The lowest BCUT2D eigenvalue weighted by molar-refractivity contribution is -0.151. The number of halogens is 1. The first kappa shape index (κ1) is 105. The van der Waals surface area contributed by atoms with E-state index in [0.717, 1.165) is 48.4 Å². The van der Waals surface area contributed by atoms with Crippen molar-refractivity contribution in [1.29, 1.82) is 0 Å². The van der Waals surface area contributed by atoms with E-state index in [1.165, 1.54) is 95.9 Å². The van der Waals surface area contributed by atoms with Gasteiger partial charge in [0.05, 0.1) is 31.8 Å². The lowest BCUT2D eigenvalue weighted by Gasteiger charge is -2.37. The summed E-state index contributed by atoms with van der Waals surface area (Å²) >= 11 is 0.779. The number of benzene rings is 7. The topological polar surface area (TPSA) is 526 Å². The van der Waals surface area contributed by atoms with Gasteiger partial charge < -0.3 is 104 Å². The number of phenols is 2. The molecule has 0 radical (unpaired) electrons. The Bertz CT molecular complexity index is 5510. The number of aromatic hydroxyl groups is 2. The summed E-state index contributed by atoms with van der Waals surface area (Å²) in [4.78, 5) is 245. The van der Waals surface area contributed by atoms with Crippen molar-refractivity contribution >= 4 is 117 Å². The fraction of sp³-hybridized carbons (Fsp3) is 0.388. The summed E-state index contributed by atoms with van der Waals surface area (Å²) in [6.07, 6.45) is -0.802. The number of phenolic OH excluding ortho intramolecular Hbond substituents is 2. The number of rotatable bonds is 25. The maximum Gasteiger partial charge on any atom is 0.305 e. The zero-order valence-electron chi connectivity index (χ0n) is 77.1. The number of carbonyl (C=O) groups is 16. The van der Waals surface area contributed by atoms with Crippen LogP contribution in [0, 0.1) is 11.7 Å². The number of aromatic nitrogens is 1. The molecule has 724 valence electrons. The van der Waals surface area contributed by atoms with Crippen molar-refractivity contribution in [1.82, 2.24) is 77.3 Å². The lowest BCUT2D eigenvalue weighted by atomic mass is 9.99. The molecule has 0 aliphatic carbocycles. The summed E-state index contributed by atoms with van der Waals surface area (Å²) in [5, 5.41) is 55.8. The molecule has 1 fully saturated rings. The molecule has 15 amide bonds. The summed E-state index contributed by atoms with van der Waals surface area (Å²) < 4.78 is 14.6. The SMILES string of the molecule is CCCC[C@H]1C(=O)N(C)CC(=O)N[C@@H](CC(=O)O)C(=O)N[C@@H](Cc2ccc(CN)cc2)C(=O)N(C)[C@@H](Cc2ccccc2)C(=O)N[C@@H](Cc2ccc(O)cc2)C(=O)N(C)CC(=O)N[C@@H](Cc2c[nH]c3ccccc23)C(=O)N[C@@H](Cc2ccc(O)cc2)C(=O)N[C@@H](CC(C)C)C(=O)N[C@H](C(=O)NCC(N)=O)CSCC(=O)N[C@@H](Cc2ccc(F)cc2)C(=O)N(C)[C@@H](Cc2ccccc2)C(=O)N1C. The van der Waals surface area contributed by atoms with Crippen molar-refractivity contribution in [2.45, 2.75) is 171 Å². The first-order valence-electron chi connectivity index (χ1n) is 44.6. The normalized spacial score (nSPS) is 21.3. The molecule has 0 saturated carbocycles. The second-order valence-electron chi connectivity index (χ2n) is 34.3. The number of nitrogens with one attached hydrogen (secondary N) is 10. The summed E-state index contributed by atoms with van der Waals surface area (Å²) in [6, 6.07) is 29.2. The summed E-state index contributed by atoms with van der Waals surface area (Å²) in [5.74, 6) is -18.1. The minimum absolute atomic E-state index is 0.0154. The monoisotopic (exact) mass is 1890 g/mol. The predicted octanol–water partition coefficient (Wildman–Crippen LogP) is 2.51. The highest BCUT2D eigenvalue weighted by Crippen LogP contribution is 2.25. The van der Waals surface area contributed by atoms with Crippen LogP contribution in [0.15, 0.2) is 188 Å². The van der Waals surface area contributed by atoms with E-state index >= 15 is 47.9 Å². The van der Waals surface area contributed by atoms with Gasteiger partial charge in [-0.2, -0.15) is 0 Å². The van der Waals surface area contributed by atoms with E-state index in [0.29, 0.717) is 68.3 Å². The molecule has 0 spiro atoms. The van der Waals surface area contributed by atoms with Crippen LogP contribution < -0.4 is 59.3 Å². The van der Waals surface area contributed by atoms with Crippen molar-refractivity contribution in [2.75, 3.05) is 66.4 Å². The third-order valence-electron chi connectivity index (χ3n) is 23.2. The Labute approximate surface area is 791 Å². The quantitative estimate of drug-likeness (QED) is 0.0391. The number of aliphatic carboxylic acids is 1. The van der Waals surface area contributed by atoms with E-state index in [2.05, 4.69) is 52.8 Å². The summed E-state index contributed by atoms with van der Waals surface area (Å²) in [6.45, 7) is 3.01. The highest BCUT2D eigenvalue weighted by Gasteiger charge is 2.42. The van der Waals surface area contributed by atoms with Crippen LogP contribution in [-0.2, 0) is 128 Å². The number of nitrogens with two attached hydrogens (primary N) is 2. The standard InChI is InChI=1S/C98H120FN17O19S/c1-9-10-25-80-97(134)113(5)55-85(121)105-75(50-87(123)124)92(129)109-78(46-61-26-28-65(51-100)29-27-61)96(133)115(7)81(47-59-19-13-11-14-20-59)93(130)110-76(44-64-34-40-69(118)41-35-64)94(131)112(4)54-84(120)104-74(49-66-52-102-71-24-18-17-23-70(66)71)91(128)108-73(43-63-32-38-68(117)39-33-63)90(127)107-72(42-58(2)3)89(126)111-79(88(125)103-53-83(101)119)56-136-57-86(122)106-77(45-62-30-36-67(99)37-31-62)95(132)116(8)82(98(135)114(80)6)48-60-21-15-12-16-22-60/h11-24,26-41,52,58,72-82,102,117-118H,9-10,25,42-51,53-57,100H2,1-8H3,(H2,101,119)(H,103,125)(H,104,120)(H,105,121)(H,106,122)(H,107,127)(H,108,128)(H,109,129)(H,110,130)(H,111,126)(H,123,124)/t72-,73-,74-,75-,76-,77-,78-,79-,80-,81-,82-/m0/s1. The van der Waals surface area contributed by atoms with Crippen LogP contribution in [-0.4, -0.2) is 272 Å². The Morgan fingerprint density at radius 3 is 1.41 bits per heavy atom. The predicted molar refractivity (Wildman–Crippen MR) is 505 cm³/mol. The minimum Gasteiger partial charge on any atom is -0.508 e. The second-order valence-corrected chi connectivity index (χ2v) is 35.3. The Balaban J connectivity index is 1.14. The Morgan fingerprint density at radius 2 is 0.875 bits per heavy atom. The number of carboxylic acids is 1. The number of thioether (sulfide) groups is 1. The van der Waals surface area contributed by atoms with Crippen molar-refractivity contribution in [3.05, 3.63) is 239 Å². The molecule has 1 saturated heterocycles. The van der Waals surface area contributed by atoms with E-state index in [-0.39, 0.29) is 81.7 Å². The van der Waals surface area contributed by atoms with Crippen LogP contribution in [0.25, 0.3) is 10.9 Å². The van der Waals surface area contributed by atoms with Crippen molar-refractivity contribution < 1.29 is 96.4 Å². The first-order valence-corrected chi connectivity index (χ1v) is 45.8. The number of carbonyl (C=O) groups excluding carboxylic acids is 15. The molecule has 2 heterocycles. The molecule has 0 bridgehead atoms. The Hall–Kier alpha value is -14.6.